The molecule has 0 aliphatic heterocycles. The number of benzene rings is 1. The van der Waals surface area contributed by atoms with Gasteiger partial charge in [-0.2, -0.15) is 5.26 Å². The molecule has 0 bridgehead atoms. The van der Waals surface area contributed by atoms with Gasteiger partial charge in [-0.25, -0.2) is 9.97 Å². The Balaban J connectivity index is 2.06. The lowest BCUT2D eigenvalue weighted by Gasteiger charge is -2.03. The number of rotatable bonds is 2. The Labute approximate surface area is 111 Å². The van der Waals surface area contributed by atoms with E-state index in [9.17, 15) is 0 Å². The van der Waals surface area contributed by atoms with Crippen molar-refractivity contribution in [1.29, 1.82) is 5.26 Å². The van der Waals surface area contributed by atoms with Gasteiger partial charge in [0.2, 0.25) is 5.82 Å². The monoisotopic (exact) mass is 248 g/mol. The van der Waals surface area contributed by atoms with Crippen LogP contribution in [0.15, 0.2) is 42.6 Å². The molecule has 19 heavy (non-hydrogen) atoms. The molecule has 0 fully saturated rings. The number of hydrogen-bond acceptors (Lipinski definition) is 3. The molecule has 3 aromatic rings. The summed E-state index contributed by atoms with van der Waals surface area (Å²) in [5.41, 5.74) is 3.21. The second-order valence-electron chi connectivity index (χ2n) is 4.44. The van der Waals surface area contributed by atoms with Crippen LogP contribution in [0.25, 0.3) is 11.0 Å². The van der Waals surface area contributed by atoms with E-state index in [1.165, 1.54) is 5.56 Å². The minimum Gasteiger partial charge on any atom is -0.332 e. The summed E-state index contributed by atoms with van der Waals surface area (Å²) in [5, 5.41) is 9.81. The zero-order valence-electron chi connectivity index (χ0n) is 10.5. The maximum atomic E-state index is 8.85. The lowest BCUT2D eigenvalue weighted by Crippen LogP contribution is -1.99. The van der Waals surface area contributed by atoms with Gasteiger partial charge in [0, 0.05) is 30.7 Å². The fourth-order valence-corrected chi connectivity index (χ4v) is 2.19. The standard InChI is InChI=1S/C15H12N4/c1-19-13(7-11-5-3-2-4-6-11)8-12-10-17-14(9-16)18-15(12)19/h2-6,8,10H,7H2,1H3. The molecular formula is C15H12N4. The number of fused-ring (bicyclic) bond motifs is 1. The molecule has 0 unspecified atom stereocenters. The first-order chi connectivity index (χ1) is 9.28. The maximum absolute atomic E-state index is 8.85. The van der Waals surface area contributed by atoms with E-state index in [2.05, 4.69) is 28.2 Å². The molecule has 0 amide bonds. The highest BCUT2D eigenvalue weighted by Gasteiger charge is 2.09. The molecule has 0 atom stereocenters. The predicted octanol–water partition coefficient (Wildman–Crippen LogP) is 2.43. The van der Waals surface area contributed by atoms with Crippen LogP contribution in [-0.4, -0.2) is 14.5 Å². The van der Waals surface area contributed by atoms with E-state index >= 15 is 0 Å². The summed E-state index contributed by atoms with van der Waals surface area (Å²) >= 11 is 0. The summed E-state index contributed by atoms with van der Waals surface area (Å²) < 4.78 is 2.02. The highest BCUT2D eigenvalue weighted by Crippen LogP contribution is 2.18. The van der Waals surface area contributed by atoms with E-state index in [4.69, 9.17) is 5.26 Å². The molecule has 0 saturated carbocycles. The van der Waals surface area contributed by atoms with Gasteiger partial charge in [0.15, 0.2) is 0 Å². The molecule has 2 aromatic heterocycles. The van der Waals surface area contributed by atoms with Crippen LogP contribution in [0.2, 0.25) is 0 Å². The van der Waals surface area contributed by atoms with Gasteiger partial charge in [-0.05, 0) is 11.6 Å². The highest BCUT2D eigenvalue weighted by molar-refractivity contribution is 5.76. The average Bonchev–Trinajstić information content (AvgIpc) is 2.76. The van der Waals surface area contributed by atoms with Gasteiger partial charge in [0.25, 0.3) is 0 Å². The molecule has 0 N–H and O–H groups in total. The van der Waals surface area contributed by atoms with Crippen molar-refractivity contribution in [3.8, 4) is 6.07 Å². The first-order valence-electron chi connectivity index (χ1n) is 6.03. The molecule has 1 aromatic carbocycles. The van der Waals surface area contributed by atoms with E-state index in [0.717, 1.165) is 23.1 Å². The molecule has 4 nitrogen and oxygen atoms in total. The second kappa shape index (κ2) is 4.54. The number of nitriles is 1. The molecule has 92 valence electrons. The molecule has 2 heterocycles. The van der Waals surface area contributed by atoms with Crippen LogP contribution in [0, 0.1) is 11.3 Å². The lowest BCUT2D eigenvalue weighted by molar-refractivity contribution is 0.864. The van der Waals surface area contributed by atoms with Crippen LogP contribution < -0.4 is 0 Å². The smallest absolute Gasteiger partial charge is 0.234 e. The largest absolute Gasteiger partial charge is 0.332 e. The molecule has 0 spiro atoms. The molecule has 0 aliphatic rings. The Bertz CT molecular complexity index is 766. The summed E-state index contributed by atoms with van der Waals surface area (Å²) in [7, 11) is 1.97. The third-order valence-electron chi connectivity index (χ3n) is 3.19. The van der Waals surface area contributed by atoms with Crippen molar-refractivity contribution >= 4 is 11.0 Å². The van der Waals surface area contributed by atoms with Gasteiger partial charge in [-0.1, -0.05) is 30.3 Å². The minimum atomic E-state index is 0.208. The molecule has 0 saturated heterocycles. The first-order valence-corrected chi connectivity index (χ1v) is 6.03. The lowest BCUT2D eigenvalue weighted by atomic mass is 10.1. The van der Waals surface area contributed by atoms with E-state index in [-0.39, 0.29) is 5.82 Å². The van der Waals surface area contributed by atoms with Crippen LogP contribution in [-0.2, 0) is 13.5 Å². The van der Waals surface area contributed by atoms with Gasteiger partial charge in [0.05, 0.1) is 0 Å². The van der Waals surface area contributed by atoms with E-state index in [1.807, 2.05) is 35.9 Å². The maximum Gasteiger partial charge on any atom is 0.234 e. The first kappa shape index (κ1) is 11.4. The topological polar surface area (TPSA) is 54.5 Å². The van der Waals surface area contributed by atoms with Crippen molar-refractivity contribution in [3.05, 3.63) is 59.7 Å². The number of aromatic nitrogens is 3. The molecule has 3 rings (SSSR count). The molecule has 0 radical (unpaired) electrons. The van der Waals surface area contributed by atoms with Crippen LogP contribution in [0.5, 0.6) is 0 Å². The third kappa shape index (κ3) is 2.06. The zero-order valence-corrected chi connectivity index (χ0v) is 10.5. The Morgan fingerprint density at radius 1 is 1.26 bits per heavy atom. The van der Waals surface area contributed by atoms with Crippen molar-refractivity contribution < 1.29 is 0 Å². The number of hydrogen-bond donors (Lipinski definition) is 0. The summed E-state index contributed by atoms with van der Waals surface area (Å²) in [6.07, 6.45) is 2.55. The van der Waals surface area contributed by atoms with Crippen LogP contribution >= 0.6 is 0 Å². The van der Waals surface area contributed by atoms with E-state index < -0.39 is 0 Å². The predicted molar refractivity (Wildman–Crippen MR) is 72.5 cm³/mol. The molecule has 0 aliphatic carbocycles. The quantitative estimate of drug-likeness (QED) is 0.700. The number of nitrogens with zero attached hydrogens (tertiary/aromatic N) is 4. The zero-order chi connectivity index (χ0) is 13.2. The van der Waals surface area contributed by atoms with Crippen LogP contribution in [0.3, 0.4) is 0 Å². The normalized spacial score (nSPS) is 10.5. The van der Waals surface area contributed by atoms with Crippen molar-refractivity contribution in [2.45, 2.75) is 6.42 Å². The fraction of sp³-hybridized carbons (Fsp3) is 0.133. The Kier molecular flexibility index (Phi) is 2.73. The van der Waals surface area contributed by atoms with Gasteiger partial charge >= 0.3 is 0 Å². The Morgan fingerprint density at radius 2 is 2.05 bits per heavy atom. The minimum absolute atomic E-state index is 0.208. The van der Waals surface area contributed by atoms with Crippen LogP contribution in [0.1, 0.15) is 17.1 Å². The fourth-order valence-electron chi connectivity index (χ4n) is 2.19. The van der Waals surface area contributed by atoms with Gasteiger partial charge in [-0.3, -0.25) is 0 Å². The van der Waals surface area contributed by atoms with Crippen molar-refractivity contribution in [2.75, 3.05) is 0 Å². The van der Waals surface area contributed by atoms with Gasteiger partial charge in [0.1, 0.15) is 11.7 Å². The Hall–Kier alpha value is -2.67. The van der Waals surface area contributed by atoms with Crippen molar-refractivity contribution in [3.63, 3.8) is 0 Å². The number of aryl methyl sites for hydroxylation is 1. The third-order valence-corrected chi connectivity index (χ3v) is 3.19. The summed E-state index contributed by atoms with van der Waals surface area (Å²) in [6, 6.07) is 14.3. The van der Waals surface area contributed by atoms with Gasteiger partial charge in [-0.15, -0.1) is 0 Å². The Morgan fingerprint density at radius 3 is 2.79 bits per heavy atom. The highest BCUT2D eigenvalue weighted by atomic mass is 15.0. The second-order valence-corrected chi connectivity index (χ2v) is 4.44. The van der Waals surface area contributed by atoms with Gasteiger partial charge < -0.3 is 4.57 Å². The summed E-state index contributed by atoms with van der Waals surface area (Å²) in [5.74, 6) is 0.208. The average molecular weight is 248 g/mol. The van der Waals surface area contributed by atoms with Crippen molar-refractivity contribution in [2.24, 2.45) is 7.05 Å². The summed E-state index contributed by atoms with van der Waals surface area (Å²) in [6.45, 7) is 0. The van der Waals surface area contributed by atoms with Crippen molar-refractivity contribution in [1.82, 2.24) is 14.5 Å². The van der Waals surface area contributed by atoms with Crippen LogP contribution in [0.4, 0.5) is 0 Å². The van der Waals surface area contributed by atoms with E-state index in [1.54, 1.807) is 6.20 Å². The molecule has 4 heteroatoms. The van der Waals surface area contributed by atoms with E-state index in [0.29, 0.717) is 0 Å². The molecular weight excluding hydrogens is 236 g/mol. The summed E-state index contributed by atoms with van der Waals surface area (Å²) in [4.78, 5) is 8.25. The SMILES string of the molecule is Cn1c(Cc2ccccc2)cc2cnc(C#N)nc21.